The van der Waals surface area contributed by atoms with Crippen molar-refractivity contribution in [3.05, 3.63) is 12.3 Å². The van der Waals surface area contributed by atoms with Crippen LogP contribution in [0.2, 0.25) is 0 Å². The Morgan fingerprint density at radius 3 is 2.67 bits per heavy atom. The summed E-state index contributed by atoms with van der Waals surface area (Å²) in [4.78, 5) is 0. The van der Waals surface area contributed by atoms with Gasteiger partial charge in [-0.15, -0.1) is 5.11 Å². The third kappa shape index (κ3) is 0.337. The van der Waals surface area contributed by atoms with Crippen LogP contribution in [-0.2, 0) is 0 Å². The first-order chi connectivity index (χ1) is 2.89. The molecule has 0 bridgehead atoms. The van der Waals surface area contributed by atoms with Gasteiger partial charge in [-0.25, -0.2) is 0 Å². The third-order valence-electron chi connectivity index (χ3n) is 0.465. The quantitative estimate of drug-likeness (QED) is 0.451. The molecule has 0 fully saturated rings. The Kier molecular flexibility index (Phi) is 0.538. The van der Waals surface area contributed by atoms with Gasteiger partial charge in [-0.1, -0.05) is 0 Å². The Morgan fingerprint density at radius 1 is 1.67 bits per heavy atom. The van der Waals surface area contributed by atoms with Crippen LogP contribution in [0.5, 0.6) is 0 Å². The van der Waals surface area contributed by atoms with Crippen LogP contribution >= 0.6 is 0 Å². The molecular formula is C3H3N3. The zero-order valence-electron chi connectivity index (χ0n) is 3.05. The third-order valence-corrected chi connectivity index (χ3v) is 0.465. The first-order valence-corrected chi connectivity index (χ1v) is 1.55. The van der Waals surface area contributed by atoms with E-state index in [1.54, 1.807) is 0 Å². The molecule has 0 aromatic heterocycles. The lowest BCUT2D eigenvalue weighted by molar-refractivity contribution is 1.30. The maximum absolute atomic E-state index is 6.70. The van der Waals surface area contributed by atoms with Gasteiger partial charge in [0.1, 0.15) is 0 Å². The maximum atomic E-state index is 6.70. The van der Waals surface area contributed by atoms with Gasteiger partial charge < -0.3 is 0 Å². The Balaban J connectivity index is 2.86. The molecule has 1 aliphatic rings. The van der Waals surface area contributed by atoms with E-state index in [2.05, 4.69) is 10.2 Å². The highest BCUT2D eigenvalue weighted by molar-refractivity contribution is 5.91. The van der Waals surface area contributed by atoms with Crippen molar-refractivity contribution in [1.82, 2.24) is 0 Å². The van der Waals surface area contributed by atoms with Crippen molar-refractivity contribution in [3.8, 4) is 0 Å². The van der Waals surface area contributed by atoms with Crippen molar-refractivity contribution in [2.24, 2.45) is 10.2 Å². The predicted octanol–water partition coefficient (Wildman–Crippen LogP) is 0.943. The SMILES string of the molecule is N=C1C=CN=N1. The van der Waals surface area contributed by atoms with Gasteiger partial charge >= 0.3 is 0 Å². The topological polar surface area (TPSA) is 48.6 Å². The van der Waals surface area contributed by atoms with Gasteiger partial charge in [0.15, 0.2) is 5.84 Å². The minimum atomic E-state index is 0.231. The number of azo groups is 1. The highest BCUT2D eigenvalue weighted by Gasteiger charge is 1.86. The van der Waals surface area contributed by atoms with E-state index in [1.807, 2.05) is 0 Å². The Bertz CT molecular complexity index is 108. The molecule has 0 aromatic carbocycles. The summed E-state index contributed by atoms with van der Waals surface area (Å²) < 4.78 is 0. The van der Waals surface area contributed by atoms with Crippen molar-refractivity contribution >= 4 is 5.84 Å². The van der Waals surface area contributed by atoms with Gasteiger partial charge in [0.05, 0.1) is 6.20 Å². The molecule has 0 saturated heterocycles. The fourth-order valence-electron chi connectivity index (χ4n) is 0.233. The van der Waals surface area contributed by atoms with Crippen molar-refractivity contribution in [1.29, 1.82) is 5.41 Å². The maximum Gasteiger partial charge on any atom is 0.168 e. The molecule has 0 unspecified atom stereocenters. The molecule has 1 rings (SSSR count). The molecule has 6 heavy (non-hydrogen) atoms. The monoisotopic (exact) mass is 81.0 g/mol. The standard InChI is InChI=1S/C3H3N3/c4-3-1-2-5-6-3/h1-2,4H. The largest absolute Gasteiger partial charge is 0.281 e. The Morgan fingerprint density at radius 2 is 2.50 bits per heavy atom. The number of hydrogen-bond acceptors (Lipinski definition) is 2. The first kappa shape index (κ1) is 3.21. The second-order valence-electron chi connectivity index (χ2n) is 0.916. The molecule has 30 valence electrons. The van der Waals surface area contributed by atoms with Gasteiger partial charge in [0.2, 0.25) is 0 Å². The molecular weight excluding hydrogens is 78.1 g/mol. The lowest BCUT2D eigenvalue weighted by Crippen LogP contribution is -1.72. The number of amidine groups is 1. The van der Waals surface area contributed by atoms with E-state index in [4.69, 9.17) is 5.41 Å². The zero-order chi connectivity index (χ0) is 4.41. The highest BCUT2D eigenvalue weighted by atomic mass is 15.1. The number of rotatable bonds is 0. The summed E-state index contributed by atoms with van der Waals surface area (Å²) in [6, 6.07) is 0. The second kappa shape index (κ2) is 1.01. The highest BCUT2D eigenvalue weighted by Crippen LogP contribution is 1.90. The van der Waals surface area contributed by atoms with E-state index in [0.717, 1.165) is 0 Å². The fraction of sp³-hybridized carbons (Fsp3) is 0. The minimum absolute atomic E-state index is 0.231. The van der Waals surface area contributed by atoms with Crippen LogP contribution in [0.15, 0.2) is 22.5 Å². The second-order valence-corrected chi connectivity index (χ2v) is 0.916. The molecule has 1 N–H and O–H groups in total. The van der Waals surface area contributed by atoms with Gasteiger partial charge in [-0.3, -0.25) is 5.41 Å². The summed E-state index contributed by atoms with van der Waals surface area (Å²) in [6.07, 6.45) is 3.02. The van der Waals surface area contributed by atoms with Gasteiger partial charge in [0, 0.05) is 6.08 Å². The normalized spacial score (nSPS) is 17.0. The van der Waals surface area contributed by atoms with E-state index < -0.39 is 0 Å². The molecule has 3 heteroatoms. The molecule has 0 atom stereocenters. The summed E-state index contributed by atoms with van der Waals surface area (Å²) in [5.74, 6) is 0.231. The average molecular weight is 81.1 g/mol. The van der Waals surface area contributed by atoms with Crippen LogP contribution in [0, 0.1) is 5.41 Å². The van der Waals surface area contributed by atoms with Crippen molar-refractivity contribution in [3.63, 3.8) is 0 Å². The van der Waals surface area contributed by atoms with Gasteiger partial charge in [-0.2, -0.15) is 5.11 Å². The molecule has 3 nitrogen and oxygen atoms in total. The molecule has 0 amide bonds. The molecule has 0 radical (unpaired) electrons. The van der Waals surface area contributed by atoms with E-state index in [0.29, 0.717) is 0 Å². The van der Waals surface area contributed by atoms with E-state index >= 15 is 0 Å². The molecule has 0 spiro atoms. The van der Waals surface area contributed by atoms with Crippen LogP contribution in [0.25, 0.3) is 0 Å². The molecule has 1 heterocycles. The van der Waals surface area contributed by atoms with Crippen LogP contribution in [-0.4, -0.2) is 5.84 Å². The lowest BCUT2D eigenvalue weighted by atomic mass is 10.6. The summed E-state index contributed by atoms with van der Waals surface area (Å²) in [5.41, 5.74) is 0. The Labute approximate surface area is 34.9 Å². The number of nitrogens with one attached hydrogen (secondary N) is 1. The van der Waals surface area contributed by atoms with E-state index in [-0.39, 0.29) is 5.84 Å². The van der Waals surface area contributed by atoms with Gasteiger partial charge in [-0.05, 0) is 0 Å². The predicted molar refractivity (Wildman–Crippen MR) is 21.7 cm³/mol. The molecule has 0 aliphatic carbocycles. The molecule has 1 aliphatic heterocycles. The molecule has 0 saturated carbocycles. The average Bonchev–Trinajstić information content (AvgIpc) is 1.86. The summed E-state index contributed by atoms with van der Waals surface area (Å²) in [5, 5.41) is 13.4. The Hall–Kier alpha value is -0.990. The summed E-state index contributed by atoms with van der Waals surface area (Å²) >= 11 is 0. The minimum Gasteiger partial charge on any atom is -0.281 e. The van der Waals surface area contributed by atoms with Crippen LogP contribution < -0.4 is 0 Å². The number of hydrogen-bond donors (Lipinski definition) is 1. The van der Waals surface area contributed by atoms with Crippen molar-refractivity contribution < 1.29 is 0 Å². The van der Waals surface area contributed by atoms with Crippen LogP contribution in [0.4, 0.5) is 0 Å². The van der Waals surface area contributed by atoms with Crippen LogP contribution in [0.1, 0.15) is 0 Å². The number of nitrogens with zero attached hydrogens (tertiary/aromatic N) is 2. The summed E-state index contributed by atoms with van der Waals surface area (Å²) in [6.45, 7) is 0. The smallest absolute Gasteiger partial charge is 0.168 e. The lowest BCUT2D eigenvalue weighted by Gasteiger charge is -1.65. The fourth-order valence-corrected chi connectivity index (χ4v) is 0.233. The van der Waals surface area contributed by atoms with E-state index in [1.165, 1.54) is 12.3 Å². The zero-order valence-corrected chi connectivity index (χ0v) is 3.05. The molecule has 0 aromatic rings. The van der Waals surface area contributed by atoms with Crippen LogP contribution in [0.3, 0.4) is 0 Å². The van der Waals surface area contributed by atoms with Gasteiger partial charge in [0.25, 0.3) is 0 Å². The van der Waals surface area contributed by atoms with E-state index in [9.17, 15) is 0 Å². The summed E-state index contributed by atoms with van der Waals surface area (Å²) in [7, 11) is 0. The van der Waals surface area contributed by atoms with Crippen molar-refractivity contribution in [2.45, 2.75) is 0 Å². The van der Waals surface area contributed by atoms with Crippen molar-refractivity contribution in [2.75, 3.05) is 0 Å². The first-order valence-electron chi connectivity index (χ1n) is 1.55.